The minimum atomic E-state index is -4.49. The molecule has 0 saturated heterocycles. The average Bonchev–Trinajstić information content (AvgIpc) is 2.54. The minimum absolute atomic E-state index is 0.125. The number of benzene rings is 2. The molecular formula is C18H13F3N2O. The molecule has 6 heteroatoms. The summed E-state index contributed by atoms with van der Waals surface area (Å²) in [6, 6.07) is 13.1. The van der Waals surface area contributed by atoms with Crippen LogP contribution in [0.25, 0.3) is 6.08 Å². The van der Waals surface area contributed by atoms with Crippen LogP contribution >= 0.6 is 0 Å². The Bertz CT molecular complexity index is 815. The van der Waals surface area contributed by atoms with E-state index >= 15 is 0 Å². The second-order valence-electron chi connectivity index (χ2n) is 5.11. The van der Waals surface area contributed by atoms with E-state index in [4.69, 9.17) is 5.26 Å². The second kappa shape index (κ2) is 7.01. The van der Waals surface area contributed by atoms with Gasteiger partial charge in [-0.2, -0.15) is 18.4 Å². The number of carbonyl (C=O) groups is 1. The smallest absolute Gasteiger partial charge is 0.321 e. The number of rotatable bonds is 3. The first-order valence-electron chi connectivity index (χ1n) is 6.96. The predicted molar refractivity (Wildman–Crippen MR) is 84.8 cm³/mol. The number of nitriles is 1. The number of aryl methyl sites for hydroxylation is 1. The summed E-state index contributed by atoms with van der Waals surface area (Å²) in [6.45, 7) is 1.89. The van der Waals surface area contributed by atoms with E-state index in [9.17, 15) is 18.0 Å². The molecule has 0 bridgehead atoms. The van der Waals surface area contributed by atoms with Gasteiger partial charge in [-0.15, -0.1) is 0 Å². The van der Waals surface area contributed by atoms with E-state index < -0.39 is 17.6 Å². The van der Waals surface area contributed by atoms with Crippen molar-refractivity contribution in [3.05, 3.63) is 70.8 Å². The molecule has 0 spiro atoms. The largest absolute Gasteiger partial charge is 0.416 e. The van der Waals surface area contributed by atoms with Gasteiger partial charge in [0.15, 0.2) is 0 Å². The molecule has 0 radical (unpaired) electrons. The van der Waals surface area contributed by atoms with Gasteiger partial charge in [0.25, 0.3) is 5.91 Å². The normalized spacial score (nSPS) is 11.7. The van der Waals surface area contributed by atoms with E-state index in [0.29, 0.717) is 5.69 Å². The highest BCUT2D eigenvalue weighted by Crippen LogP contribution is 2.30. The number of nitrogens with zero attached hydrogens (tertiary/aromatic N) is 1. The lowest BCUT2D eigenvalue weighted by Gasteiger charge is -2.07. The first-order valence-corrected chi connectivity index (χ1v) is 6.96. The van der Waals surface area contributed by atoms with Crippen LogP contribution in [0.3, 0.4) is 0 Å². The summed E-state index contributed by atoms with van der Waals surface area (Å²) in [4.78, 5) is 12.1. The van der Waals surface area contributed by atoms with Crippen molar-refractivity contribution >= 4 is 17.7 Å². The lowest BCUT2D eigenvalue weighted by molar-refractivity contribution is -0.137. The van der Waals surface area contributed by atoms with Crippen molar-refractivity contribution in [3.8, 4) is 6.07 Å². The third kappa shape index (κ3) is 4.46. The van der Waals surface area contributed by atoms with Gasteiger partial charge in [-0.25, -0.2) is 0 Å². The van der Waals surface area contributed by atoms with Crippen molar-refractivity contribution in [1.82, 2.24) is 0 Å². The van der Waals surface area contributed by atoms with Crippen LogP contribution in [-0.2, 0) is 11.0 Å². The summed E-state index contributed by atoms with van der Waals surface area (Å²) in [5.74, 6) is -0.682. The summed E-state index contributed by atoms with van der Waals surface area (Å²) < 4.78 is 38.1. The number of halogens is 3. The Hall–Kier alpha value is -3.07. The van der Waals surface area contributed by atoms with Crippen LogP contribution < -0.4 is 5.32 Å². The first-order chi connectivity index (χ1) is 11.3. The zero-order valence-electron chi connectivity index (χ0n) is 12.7. The predicted octanol–water partition coefficient (Wildman–Crippen LogP) is 4.56. The third-order valence-corrected chi connectivity index (χ3v) is 3.20. The van der Waals surface area contributed by atoms with Crippen molar-refractivity contribution in [2.75, 3.05) is 5.32 Å². The van der Waals surface area contributed by atoms with Gasteiger partial charge in [-0.1, -0.05) is 29.8 Å². The quantitative estimate of drug-likeness (QED) is 0.662. The second-order valence-corrected chi connectivity index (χ2v) is 5.11. The Labute approximate surface area is 137 Å². The molecule has 24 heavy (non-hydrogen) atoms. The van der Waals surface area contributed by atoms with Gasteiger partial charge in [0, 0.05) is 5.69 Å². The van der Waals surface area contributed by atoms with Gasteiger partial charge >= 0.3 is 6.18 Å². The zero-order chi connectivity index (χ0) is 17.7. The number of hydrogen-bond acceptors (Lipinski definition) is 2. The number of alkyl halides is 3. The molecule has 0 saturated carbocycles. The highest BCUT2D eigenvalue weighted by Gasteiger charge is 2.30. The number of hydrogen-bond donors (Lipinski definition) is 1. The van der Waals surface area contributed by atoms with Crippen LogP contribution in [0.15, 0.2) is 54.1 Å². The molecule has 122 valence electrons. The molecule has 2 aromatic carbocycles. The van der Waals surface area contributed by atoms with Crippen molar-refractivity contribution < 1.29 is 18.0 Å². The molecular weight excluding hydrogens is 317 g/mol. The van der Waals surface area contributed by atoms with Crippen molar-refractivity contribution in [1.29, 1.82) is 5.26 Å². The summed E-state index contributed by atoms with van der Waals surface area (Å²) in [6.07, 6.45) is -3.36. The molecule has 1 amide bonds. The maximum absolute atomic E-state index is 12.7. The topological polar surface area (TPSA) is 52.9 Å². The summed E-state index contributed by atoms with van der Waals surface area (Å²) in [5.41, 5.74) is 0.506. The van der Waals surface area contributed by atoms with E-state index in [-0.39, 0.29) is 11.1 Å². The van der Waals surface area contributed by atoms with Crippen LogP contribution in [-0.4, -0.2) is 5.91 Å². The van der Waals surface area contributed by atoms with Crippen LogP contribution in [0.5, 0.6) is 0 Å². The van der Waals surface area contributed by atoms with Gasteiger partial charge in [0.05, 0.1) is 5.56 Å². The lowest BCUT2D eigenvalue weighted by Crippen LogP contribution is -2.13. The van der Waals surface area contributed by atoms with Crippen molar-refractivity contribution in [3.63, 3.8) is 0 Å². The molecule has 3 nitrogen and oxygen atoms in total. The summed E-state index contributed by atoms with van der Waals surface area (Å²) >= 11 is 0. The maximum Gasteiger partial charge on any atom is 0.416 e. The molecule has 0 aliphatic carbocycles. The van der Waals surface area contributed by atoms with Gasteiger partial charge in [-0.05, 0) is 42.8 Å². The Morgan fingerprint density at radius 1 is 1.17 bits per heavy atom. The number of carbonyl (C=O) groups excluding carboxylic acids is 1. The first kappa shape index (κ1) is 17.3. The Morgan fingerprint density at radius 3 is 2.42 bits per heavy atom. The molecule has 0 atom stereocenters. The molecule has 0 unspecified atom stereocenters. The van der Waals surface area contributed by atoms with E-state index in [1.54, 1.807) is 30.3 Å². The molecule has 1 N–H and O–H groups in total. The number of amides is 1. The lowest BCUT2D eigenvalue weighted by atomic mass is 10.1. The molecule has 0 aliphatic rings. The average molecular weight is 330 g/mol. The third-order valence-electron chi connectivity index (χ3n) is 3.20. The fraction of sp³-hybridized carbons (Fsp3) is 0.111. The van der Waals surface area contributed by atoms with Crippen molar-refractivity contribution in [2.24, 2.45) is 0 Å². The Kier molecular flexibility index (Phi) is 5.05. The monoisotopic (exact) mass is 330 g/mol. The van der Waals surface area contributed by atoms with E-state index in [2.05, 4.69) is 5.32 Å². The Morgan fingerprint density at radius 2 is 1.83 bits per heavy atom. The number of anilines is 1. The molecule has 2 rings (SSSR count). The van der Waals surface area contributed by atoms with E-state index in [0.717, 1.165) is 23.8 Å². The van der Waals surface area contributed by atoms with Gasteiger partial charge < -0.3 is 5.32 Å². The van der Waals surface area contributed by atoms with E-state index in [1.165, 1.54) is 12.1 Å². The van der Waals surface area contributed by atoms with Gasteiger partial charge in [0.1, 0.15) is 11.6 Å². The van der Waals surface area contributed by atoms with Crippen molar-refractivity contribution in [2.45, 2.75) is 13.1 Å². The zero-order valence-corrected chi connectivity index (χ0v) is 12.7. The molecule has 0 aromatic heterocycles. The van der Waals surface area contributed by atoms with Crippen LogP contribution in [0.1, 0.15) is 16.7 Å². The minimum Gasteiger partial charge on any atom is -0.321 e. The number of nitrogens with one attached hydrogen (secondary N) is 1. The van der Waals surface area contributed by atoms with Crippen LogP contribution in [0, 0.1) is 18.3 Å². The maximum atomic E-state index is 12.7. The van der Waals surface area contributed by atoms with E-state index in [1.807, 2.05) is 6.92 Å². The summed E-state index contributed by atoms with van der Waals surface area (Å²) in [7, 11) is 0. The fourth-order valence-electron chi connectivity index (χ4n) is 1.96. The molecule has 0 heterocycles. The fourth-order valence-corrected chi connectivity index (χ4v) is 1.96. The highest BCUT2D eigenvalue weighted by atomic mass is 19.4. The molecule has 0 fully saturated rings. The Balaban J connectivity index is 2.24. The van der Waals surface area contributed by atoms with Gasteiger partial charge in [0.2, 0.25) is 0 Å². The van der Waals surface area contributed by atoms with Crippen LogP contribution in [0.2, 0.25) is 0 Å². The molecule has 2 aromatic rings. The standard InChI is InChI=1S/C18H13F3N2O/c1-12-5-7-16(8-6-12)23-17(24)14(11-22)9-13-3-2-4-15(10-13)18(19,20)21/h2-10H,1H3,(H,23,24)/b14-9+. The highest BCUT2D eigenvalue weighted by molar-refractivity contribution is 6.09. The van der Waals surface area contributed by atoms with Crippen LogP contribution in [0.4, 0.5) is 18.9 Å². The summed E-state index contributed by atoms with van der Waals surface area (Å²) in [5, 5.41) is 11.6. The SMILES string of the molecule is Cc1ccc(NC(=O)/C(C#N)=C/c2cccc(C(F)(F)F)c2)cc1. The van der Waals surface area contributed by atoms with Gasteiger partial charge in [-0.3, -0.25) is 4.79 Å². The molecule has 0 aliphatic heterocycles.